The van der Waals surface area contributed by atoms with Gasteiger partial charge in [0.05, 0.1) is 11.9 Å². The average Bonchev–Trinajstić information content (AvgIpc) is 3.28. The number of fused-ring (bicyclic) bond motifs is 1. The highest BCUT2D eigenvalue weighted by Crippen LogP contribution is 2.28. The van der Waals surface area contributed by atoms with Crippen LogP contribution in [0.2, 0.25) is 0 Å². The summed E-state index contributed by atoms with van der Waals surface area (Å²) in [6.45, 7) is 0. The Balaban J connectivity index is 1.53. The molecule has 158 valence electrons. The van der Waals surface area contributed by atoms with Crippen molar-refractivity contribution in [3.05, 3.63) is 53.6 Å². The van der Waals surface area contributed by atoms with Gasteiger partial charge in [0.2, 0.25) is 6.29 Å². The van der Waals surface area contributed by atoms with E-state index in [1.54, 1.807) is 30.7 Å². The molecule has 1 aliphatic heterocycles. The van der Waals surface area contributed by atoms with Crippen LogP contribution >= 0.6 is 0 Å². The van der Waals surface area contributed by atoms with E-state index in [2.05, 4.69) is 4.98 Å². The van der Waals surface area contributed by atoms with Crippen LogP contribution in [0.15, 0.2) is 36.9 Å². The van der Waals surface area contributed by atoms with Crippen LogP contribution in [0, 0.1) is 0 Å². The molecular weight excluding hydrogens is 396 g/mol. The fourth-order valence-corrected chi connectivity index (χ4v) is 3.55. The molecule has 30 heavy (non-hydrogen) atoms. The van der Waals surface area contributed by atoms with E-state index in [1.807, 2.05) is 16.8 Å². The zero-order valence-electron chi connectivity index (χ0n) is 15.7. The second-order valence-electron chi connectivity index (χ2n) is 7.16. The van der Waals surface area contributed by atoms with Crippen molar-refractivity contribution in [2.75, 3.05) is 0 Å². The topological polar surface area (TPSA) is 151 Å². The Bertz CT molecular complexity index is 987. The molecule has 4 N–H and O–H groups in total. The lowest BCUT2D eigenvalue weighted by Gasteiger charge is -2.37. The number of aliphatic carboxylic acids is 1. The van der Waals surface area contributed by atoms with Gasteiger partial charge in [-0.2, -0.15) is 0 Å². The van der Waals surface area contributed by atoms with Crippen molar-refractivity contribution in [1.29, 1.82) is 0 Å². The molecule has 1 aromatic carbocycles. The number of aryl methyl sites for hydroxylation is 1. The van der Waals surface area contributed by atoms with Gasteiger partial charge in [-0.05, 0) is 42.2 Å². The van der Waals surface area contributed by atoms with E-state index in [0.717, 1.165) is 29.7 Å². The molecule has 4 rings (SSSR count). The van der Waals surface area contributed by atoms with Gasteiger partial charge in [0, 0.05) is 18.1 Å². The van der Waals surface area contributed by atoms with Gasteiger partial charge in [0.15, 0.2) is 6.10 Å². The number of carboxylic acids is 1. The summed E-state index contributed by atoms with van der Waals surface area (Å²) in [5.41, 5.74) is 3.05. The number of aliphatic hydroxyl groups is 3. The van der Waals surface area contributed by atoms with Crippen LogP contribution < -0.4 is 0 Å². The smallest absolute Gasteiger partial charge is 0.340 e. The lowest BCUT2D eigenvalue weighted by Crippen LogP contribution is -2.60. The van der Waals surface area contributed by atoms with Gasteiger partial charge in [-0.15, -0.1) is 0 Å². The molecule has 2 aliphatic rings. The van der Waals surface area contributed by atoms with E-state index in [1.165, 1.54) is 0 Å². The summed E-state index contributed by atoms with van der Waals surface area (Å²) in [4.78, 5) is 27.8. The standard InChI is InChI=1S/C20H20N2O8/c23-14-15(24)17(18(26)27)29-20(16(14)25)30-19(28)11-2-1-10-3-4-13(8-12(10)7-11)22-6-5-21-9-22/h1-2,5-9,14-17,20,23-25H,3-4H2,(H,26,27)/t14-,15-,16+,17-,20-/m0/s1. The molecular formula is C20H20N2O8. The number of imidazole rings is 1. The number of carbonyl (C=O) groups excluding carboxylic acids is 1. The second-order valence-corrected chi connectivity index (χ2v) is 7.16. The van der Waals surface area contributed by atoms with Crippen LogP contribution in [0.3, 0.4) is 0 Å². The van der Waals surface area contributed by atoms with Crippen LogP contribution in [0.5, 0.6) is 0 Å². The van der Waals surface area contributed by atoms with Crippen molar-refractivity contribution in [3.63, 3.8) is 0 Å². The molecule has 2 heterocycles. The van der Waals surface area contributed by atoms with Crippen molar-refractivity contribution >= 4 is 23.7 Å². The SMILES string of the molecule is O=C(O[C@@H]1O[C@H](C(=O)O)[C@@H](O)[C@H](O)[C@H]1O)c1ccc2c(c1)C=C(n1ccnc1)CC2. The van der Waals surface area contributed by atoms with Crippen molar-refractivity contribution in [2.24, 2.45) is 0 Å². The third kappa shape index (κ3) is 3.73. The van der Waals surface area contributed by atoms with E-state index in [-0.39, 0.29) is 5.56 Å². The number of nitrogens with zero attached hydrogens (tertiary/aromatic N) is 2. The highest BCUT2D eigenvalue weighted by molar-refractivity contribution is 5.91. The van der Waals surface area contributed by atoms with Gasteiger partial charge in [-0.3, -0.25) is 0 Å². The number of carbonyl (C=O) groups is 2. The predicted octanol–water partition coefficient (Wildman–Crippen LogP) is -0.124. The van der Waals surface area contributed by atoms with Gasteiger partial charge in [0.25, 0.3) is 0 Å². The van der Waals surface area contributed by atoms with Crippen molar-refractivity contribution in [2.45, 2.75) is 43.5 Å². The minimum absolute atomic E-state index is 0.167. The molecule has 2 aromatic rings. The van der Waals surface area contributed by atoms with Crippen LogP contribution in [0.25, 0.3) is 11.8 Å². The summed E-state index contributed by atoms with van der Waals surface area (Å²) in [7, 11) is 0. The van der Waals surface area contributed by atoms with Gasteiger partial charge in [-0.1, -0.05) is 6.07 Å². The number of benzene rings is 1. The maximum Gasteiger partial charge on any atom is 0.340 e. The van der Waals surface area contributed by atoms with Crippen LogP contribution in [-0.2, 0) is 20.7 Å². The number of aromatic nitrogens is 2. The van der Waals surface area contributed by atoms with Gasteiger partial charge in [-0.25, -0.2) is 14.6 Å². The van der Waals surface area contributed by atoms with Gasteiger partial charge >= 0.3 is 11.9 Å². The fourth-order valence-electron chi connectivity index (χ4n) is 3.55. The molecule has 1 aromatic heterocycles. The summed E-state index contributed by atoms with van der Waals surface area (Å²) in [5, 5.41) is 38.7. The molecule has 5 atom stereocenters. The summed E-state index contributed by atoms with van der Waals surface area (Å²) in [6.07, 6.45) is -0.371. The number of ether oxygens (including phenoxy) is 2. The molecule has 0 radical (unpaired) electrons. The Hall–Kier alpha value is -3.05. The maximum absolute atomic E-state index is 12.6. The molecule has 0 saturated carbocycles. The Morgan fingerprint density at radius 2 is 1.93 bits per heavy atom. The molecule has 0 bridgehead atoms. The first kappa shape index (κ1) is 20.2. The Kier molecular flexibility index (Phi) is 5.39. The number of aliphatic hydroxyl groups excluding tert-OH is 3. The summed E-state index contributed by atoms with van der Waals surface area (Å²) in [5.74, 6) is -2.42. The normalized spacial score (nSPS) is 28.4. The quantitative estimate of drug-likeness (QED) is 0.500. The first-order chi connectivity index (χ1) is 14.3. The number of allylic oxidation sites excluding steroid dienone is 1. The summed E-state index contributed by atoms with van der Waals surface area (Å²) < 4.78 is 12.0. The highest BCUT2D eigenvalue weighted by atomic mass is 16.7. The van der Waals surface area contributed by atoms with Crippen molar-refractivity contribution in [1.82, 2.24) is 9.55 Å². The van der Waals surface area contributed by atoms with E-state index in [0.29, 0.717) is 0 Å². The minimum Gasteiger partial charge on any atom is -0.479 e. The van der Waals surface area contributed by atoms with E-state index in [4.69, 9.17) is 14.6 Å². The van der Waals surface area contributed by atoms with E-state index < -0.39 is 42.6 Å². The molecule has 0 unspecified atom stereocenters. The average molecular weight is 416 g/mol. The lowest BCUT2D eigenvalue weighted by atomic mass is 9.93. The second kappa shape index (κ2) is 8.00. The van der Waals surface area contributed by atoms with Gasteiger partial charge < -0.3 is 34.5 Å². The predicted molar refractivity (Wildman–Crippen MR) is 101 cm³/mol. The lowest BCUT2D eigenvalue weighted by molar-refractivity contribution is -0.278. The highest BCUT2D eigenvalue weighted by Gasteiger charge is 2.48. The molecule has 1 fully saturated rings. The largest absolute Gasteiger partial charge is 0.479 e. The molecule has 0 spiro atoms. The molecule has 10 heteroatoms. The number of hydrogen-bond acceptors (Lipinski definition) is 8. The van der Waals surface area contributed by atoms with Gasteiger partial charge in [0.1, 0.15) is 18.3 Å². The fraction of sp³-hybridized carbons (Fsp3) is 0.350. The zero-order valence-corrected chi connectivity index (χ0v) is 15.7. The van der Waals surface area contributed by atoms with Crippen molar-refractivity contribution < 1.29 is 39.5 Å². The number of carboxylic acid groups (broad SMARTS) is 1. The number of hydrogen-bond donors (Lipinski definition) is 4. The Labute approximate surface area is 170 Å². The van der Waals surface area contributed by atoms with Crippen molar-refractivity contribution in [3.8, 4) is 0 Å². The molecule has 1 aliphatic carbocycles. The van der Waals surface area contributed by atoms with E-state index in [9.17, 15) is 24.9 Å². The molecule has 10 nitrogen and oxygen atoms in total. The first-order valence-corrected chi connectivity index (χ1v) is 9.30. The third-order valence-electron chi connectivity index (χ3n) is 5.23. The van der Waals surface area contributed by atoms with Crippen LogP contribution in [-0.4, -0.2) is 72.6 Å². The minimum atomic E-state index is -1.86. The monoisotopic (exact) mass is 416 g/mol. The van der Waals surface area contributed by atoms with Crippen LogP contribution in [0.4, 0.5) is 0 Å². The summed E-state index contributed by atoms with van der Waals surface area (Å²) >= 11 is 0. The molecule has 1 saturated heterocycles. The van der Waals surface area contributed by atoms with Crippen LogP contribution in [0.1, 0.15) is 27.9 Å². The first-order valence-electron chi connectivity index (χ1n) is 9.30. The zero-order chi connectivity index (χ0) is 21.4. The molecule has 0 amide bonds. The Morgan fingerprint density at radius 1 is 1.13 bits per heavy atom. The number of esters is 1. The van der Waals surface area contributed by atoms with E-state index >= 15 is 0 Å². The maximum atomic E-state index is 12.6. The number of rotatable bonds is 4. The summed E-state index contributed by atoms with van der Waals surface area (Å²) in [6, 6.07) is 4.99. The Morgan fingerprint density at radius 3 is 2.63 bits per heavy atom. The third-order valence-corrected chi connectivity index (χ3v) is 5.23.